The van der Waals surface area contributed by atoms with E-state index in [4.69, 9.17) is 9.47 Å². The average molecular weight is 416 g/mol. The van der Waals surface area contributed by atoms with Crippen molar-refractivity contribution in [2.45, 2.75) is 11.1 Å². The molecule has 0 aromatic heterocycles. The van der Waals surface area contributed by atoms with Gasteiger partial charge >= 0.3 is 6.18 Å². The van der Waals surface area contributed by atoms with Crippen LogP contribution in [0.15, 0.2) is 47.4 Å². The van der Waals surface area contributed by atoms with Crippen molar-refractivity contribution in [1.82, 2.24) is 5.32 Å². The number of nitrogens with one attached hydrogen (secondary N) is 1. The van der Waals surface area contributed by atoms with Crippen molar-refractivity contribution < 1.29 is 32.4 Å². The molecule has 0 radical (unpaired) electrons. The van der Waals surface area contributed by atoms with Gasteiger partial charge in [0.2, 0.25) is 0 Å². The van der Waals surface area contributed by atoms with Gasteiger partial charge in [0.1, 0.15) is 18.1 Å². The van der Waals surface area contributed by atoms with Gasteiger partial charge in [0, 0.05) is 12.1 Å². The van der Waals surface area contributed by atoms with E-state index in [2.05, 4.69) is 5.32 Å². The highest BCUT2D eigenvalue weighted by Gasteiger charge is 2.33. The van der Waals surface area contributed by atoms with E-state index in [1.165, 1.54) is 7.11 Å². The van der Waals surface area contributed by atoms with Crippen LogP contribution in [0.3, 0.4) is 0 Å². The summed E-state index contributed by atoms with van der Waals surface area (Å²) in [5, 5.41) is 12.8. The Hall–Kier alpha value is -2.95. The number of alkyl halides is 3. The highest BCUT2D eigenvalue weighted by Crippen LogP contribution is 2.36. The first-order chi connectivity index (χ1) is 13.2. The second kappa shape index (κ2) is 9.31. The van der Waals surface area contributed by atoms with Crippen molar-refractivity contribution in [3.63, 3.8) is 0 Å². The van der Waals surface area contributed by atoms with Crippen molar-refractivity contribution in [2.75, 3.05) is 20.3 Å². The van der Waals surface area contributed by atoms with E-state index in [0.717, 1.165) is 6.07 Å². The second-order valence-electron chi connectivity index (χ2n) is 5.28. The number of benzene rings is 2. The molecule has 2 aromatic carbocycles. The molecule has 1 N–H and O–H groups in total. The zero-order valence-electron chi connectivity index (χ0n) is 14.5. The number of hydrogen-bond donors (Lipinski definition) is 1. The Kier molecular flexibility index (Phi) is 7.10. The van der Waals surface area contributed by atoms with Crippen LogP contribution in [0.1, 0.15) is 5.56 Å². The molecule has 0 aliphatic carbocycles. The van der Waals surface area contributed by atoms with E-state index in [1.807, 2.05) is 0 Å². The van der Waals surface area contributed by atoms with Crippen molar-refractivity contribution in [2.24, 2.45) is 0 Å². The number of methoxy groups -OCH3 is 1. The van der Waals surface area contributed by atoms with Crippen LogP contribution in [-0.2, 0) is 6.18 Å². The van der Waals surface area contributed by atoms with Gasteiger partial charge in [0.25, 0.3) is 10.9 Å². The first-order valence-electron chi connectivity index (χ1n) is 7.79. The molecule has 11 heteroatoms. The summed E-state index contributed by atoms with van der Waals surface area (Å²) in [6, 6.07) is 8.81. The Morgan fingerprint density at radius 2 is 1.93 bits per heavy atom. The van der Waals surface area contributed by atoms with Gasteiger partial charge < -0.3 is 14.8 Å². The van der Waals surface area contributed by atoms with Crippen LogP contribution in [0.25, 0.3) is 0 Å². The fourth-order valence-corrected chi connectivity index (χ4v) is 2.82. The Labute approximate surface area is 162 Å². The summed E-state index contributed by atoms with van der Waals surface area (Å²) >= 11 is 0.436. The highest BCUT2D eigenvalue weighted by molar-refractivity contribution is 8.13. The van der Waals surface area contributed by atoms with Crippen LogP contribution < -0.4 is 14.8 Å². The van der Waals surface area contributed by atoms with E-state index in [-0.39, 0.29) is 18.0 Å². The molecule has 7 nitrogen and oxygen atoms in total. The molecule has 150 valence electrons. The number of carbonyl (C=O) groups excluding carboxylic acids is 1. The van der Waals surface area contributed by atoms with Crippen LogP contribution >= 0.6 is 11.8 Å². The zero-order chi connectivity index (χ0) is 20.7. The van der Waals surface area contributed by atoms with E-state index in [9.17, 15) is 28.1 Å². The number of rotatable bonds is 7. The summed E-state index contributed by atoms with van der Waals surface area (Å²) in [7, 11) is 1.51. The monoisotopic (exact) mass is 416 g/mol. The lowest BCUT2D eigenvalue weighted by Gasteiger charge is -2.10. The van der Waals surface area contributed by atoms with Gasteiger partial charge in [-0.15, -0.1) is 0 Å². The molecule has 0 spiro atoms. The van der Waals surface area contributed by atoms with Gasteiger partial charge in [-0.2, -0.15) is 13.2 Å². The molecule has 0 saturated heterocycles. The van der Waals surface area contributed by atoms with E-state index in [0.29, 0.717) is 35.4 Å². The molecule has 2 aromatic rings. The molecule has 0 saturated carbocycles. The third kappa shape index (κ3) is 6.05. The first kappa shape index (κ1) is 21.4. The van der Waals surface area contributed by atoms with Gasteiger partial charge in [-0.25, -0.2) is 0 Å². The summed E-state index contributed by atoms with van der Waals surface area (Å²) in [5.74, 6) is 1.13. The first-order valence-corrected chi connectivity index (χ1v) is 8.60. The van der Waals surface area contributed by atoms with Crippen molar-refractivity contribution in [3.8, 4) is 11.5 Å². The Morgan fingerprint density at radius 3 is 2.57 bits per heavy atom. The number of hydrogen-bond acceptors (Lipinski definition) is 6. The minimum Gasteiger partial charge on any atom is -0.497 e. The lowest BCUT2D eigenvalue weighted by molar-refractivity contribution is -0.388. The van der Waals surface area contributed by atoms with Crippen LogP contribution in [0.5, 0.6) is 11.5 Å². The Morgan fingerprint density at radius 1 is 1.21 bits per heavy atom. The highest BCUT2D eigenvalue weighted by atomic mass is 32.2. The van der Waals surface area contributed by atoms with E-state index < -0.39 is 27.6 Å². The lowest BCUT2D eigenvalue weighted by Crippen LogP contribution is -2.24. The maximum atomic E-state index is 12.7. The number of ether oxygens (including phenoxy) is 2. The molecule has 2 rings (SSSR count). The molecule has 28 heavy (non-hydrogen) atoms. The maximum Gasteiger partial charge on any atom is 0.416 e. The minimum absolute atomic E-state index is 0.0947. The molecule has 0 heterocycles. The summed E-state index contributed by atoms with van der Waals surface area (Å²) < 4.78 is 48.5. The van der Waals surface area contributed by atoms with Crippen LogP contribution in [-0.4, -0.2) is 30.4 Å². The van der Waals surface area contributed by atoms with Gasteiger partial charge in [0.05, 0.1) is 29.0 Å². The normalized spacial score (nSPS) is 11.0. The van der Waals surface area contributed by atoms with Gasteiger partial charge in [-0.05, 0) is 36.0 Å². The summed E-state index contributed by atoms with van der Waals surface area (Å²) in [6.07, 6.45) is -4.71. The third-order valence-electron chi connectivity index (χ3n) is 3.37. The smallest absolute Gasteiger partial charge is 0.416 e. The number of halogens is 3. The number of thioether (sulfide) groups is 1. The van der Waals surface area contributed by atoms with E-state index in [1.54, 1.807) is 24.3 Å². The van der Waals surface area contributed by atoms with E-state index >= 15 is 0 Å². The predicted molar refractivity (Wildman–Crippen MR) is 95.8 cm³/mol. The van der Waals surface area contributed by atoms with Crippen molar-refractivity contribution in [1.29, 1.82) is 0 Å². The third-order valence-corrected chi connectivity index (χ3v) is 4.26. The summed E-state index contributed by atoms with van der Waals surface area (Å²) in [6.45, 7) is 0.214. The molecule has 1 amide bonds. The van der Waals surface area contributed by atoms with Crippen LogP contribution in [0.2, 0.25) is 0 Å². The fraction of sp³-hybridized carbons (Fsp3) is 0.235. The second-order valence-corrected chi connectivity index (χ2v) is 6.30. The maximum absolute atomic E-state index is 12.7. The number of nitro groups is 1. The molecule has 0 atom stereocenters. The molecule has 0 aliphatic rings. The molecular weight excluding hydrogens is 401 g/mol. The fourth-order valence-electron chi connectivity index (χ4n) is 2.07. The standard InChI is InChI=1S/C17H15F3N2O5S/c1-26-12-3-2-4-13(10-12)27-8-7-21-16(23)28-15-6-5-11(17(18,19)20)9-14(15)22(24)25/h2-6,9-10H,7-8H2,1H3,(H,21,23). The molecular formula is C17H15F3N2O5S. The average Bonchev–Trinajstić information content (AvgIpc) is 2.64. The summed E-state index contributed by atoms with van der Waals surface area (Å²) in [5.41, 5.74) is -1.95. The minimum atomic E-state index is -4.71. The van der Waals surface area contributed by atoms with Crippen molar-refractivity contribution >= 4 is 22.7 Å². The SMILES string of the molecule is COc1cccc(OCCNC(=O)Sc2ccc(C(F)(F)F)cc2[N+](=O)[O-])c1. The number of nitro benzene ring substituents is 1. The van der Waals surface area contributed by atoms with Gasteiger partial charge in [-0.3, -0.25) is 14.9 Å². The molecule has 0 fully saturated rings. The lowest BCUT2D eigenvalue weighted by atomic mass is 10.2. The van der Waals surface area contributed by atoms with Gasteiger partial charge in [-0.1, -0.05) is 6.07 Å². The molecule has 0 aliphatic heterocycles. The Balaban J connectivity index is 1.91. The number of carbonyl (C=O) groups is 1. The van der Waals surface area contributed by atoms with Gasteiger partial charge in [0.15, 0.2) is 0 Å². The zero-order valence-corrected chi connectivity index (χ0v) is 15.3. The largest absolute Gasteiger partial charge is 0.497 e. The number of nitrogens with zero attached hydrogens (tertiary/aromatic N) is 1. The Bertz CT molecular complexity index is 861. The van der Waals surface area contributed by atoms with Crippen molar-refractivity contribution in [3.05, 3.63) is 58.1 Å². The summed E-state index contributed by atoms with van der Waals surface area (Å²) in [4.78, 5) is 21.8. The van der Waals surface area contributed by atoms with Crippen LogP contribution in [0, 0.1) is 10.1 Å². The molecule has 0 unspecified atom stereocenters. The topological polar surface area (TPSA) is 90.7 Å². The molecule has 0 bridgehead atoms. The number of amides is 1. The predicted octanol–water partition coefficient (Wildman–Crippen LogP) is 4.50. The van der Waals surface area contributed by atoms with Crippen LogP contribution in [0.4, 0.5) is 23.7 Å². The quantitative estimate of drug-likeness (QED) is 0.309.